The number of esters is 1. The van der Waals surface area contributed by atoms with Crippen molar-refractivity contribution in [1.82, 2.24) is 0 Å². The van der Waals surface area contributed by atoms with Crippen molar-refractivity contribution in [3.63, 3.8) is 0 Å². The van der Waals surface area contributed by atoms with Crippen molar-refractivity contribution in [3.05, 3.63) is 28.3 Å². The third-order valence-corrected chi connectivity index (χ3v) is 3.00. The van der Waals surface area contributed by atoms with Crippen LogP contribution >= 0.6 is 11.6 Å². The number of carbonyl (C=O) groups is 2. The van der Waals surface area contributed by atoms with Gasteiger partial charge in [0.05, 0.1) is 12.7 Å². The molecule has 0 unspecified atom stereocenters. The van der Waals surface area contributed by atoms with Crippen LogP contribution in [0.15, 0.2) is 12.1 Å². The second-order valence-electron chi connectivity index (χ2n) is 3.97. The van der Waals surface area contributed by atoms with Crippen LogP contribution in [0.3, 0.4) is 0 Å². The Morgan fingerprint density at radius 1 is 1.33 bits per heavy atom. The Kier molecular flexibility index (Phi) is 5.16. The van der Waals surface area contributed by atoms with Crippen LogP contribution < -0.4 is 0 Å². The van der Waals surface area contributed by atoms with Crippen LogP contribution in [0.1, 0.15) is 35.2 Å². The number of Topliss-reactive ketones (excluding diaryl/α,β-unsaturated/α-hetero) is 1. The monoisotopic (exact) mass is 270 g/mol. The number of rotatable bonds is 5. The van der Waals surface area contributed by atoms with Crippen molar-refractivity contribution in [2.45, 2.75) is 26.2 Å². The molecule has 0 atom stereocenters. The van der Waals surface area contributed by atoms with E-state index in [4.69, 9.17) is 11.6 Å². The number of aryl methyl sites for hydroxylation is 1. The first kappa shape index (κ1) is 14.5. The number of halogens is 1. The number of phenolic OH excluding ortho intramolecular Hbond substituents is 1. The molecule has 1 N–H and O–H groups in total. The van der Waals surface area contributed by atoms with Crippen molar-refractivity contribution in [2.24, 2.45) is 0 Å². The lowest BCUT2D eigenvalue weighted by atomic mass is 10.0. The minimum absolute atomic E-state index is 0.0834. The van der Waals surface area contributed by atoms with Gasteiger partial charge >= 0.3 is 5.97 Å². The molecule has 0 fully saturated rings. The molecule has 0 heterocycles. The number of methoxy groups -OCH3 is 1. The van der Waals surface area contributed by atoms with Crippen molar-refractivity contribution in [1.29, 1.82) is 0 Å². The largest absolute Gasteiger partial charge is 0.507 e. The van der Waals surface area contributed by atoms with Gasteiger partial charge in [0.2, 0.25) is 0 Å². The molecular weight excluding hydrogens is 256 g/mol. The van der Waals surface area contributed by atoms with Gasteiger partial charge in [0.15, 0.2) is 5.78 Å². The predicted molar refractivity (Wildman–Crippen MR) is 68.1 cm³/mol. The average Bonchev–Trinajstić information content (AvgIpc) is 2.33. The van der Waals surface area contributed by atoms with E-state index < -0.39 is 0 Å². The molecule has 0 aliphatic rings. The maximum atomic E-state index is 11.8. The molecule has 1 aromatic carbocycles. The average molecular weight is 271 g/mol. The lowest BCUT2D eigenvalue weighted by Gasteiger charge is -2.06. The van der Waals surface area contributed by atoms with E-state index in [-0.39, 0.29) is 35.9 Å². The fraction of sp³-hybridized carbons (Fsp3) is 0.385. The summed E-state index contributed by atoms with van der Waals surface area (Å²) in [5.74, 6) is -0.674. The second-order valence-corrected chi connectivity index (χ2v) is 4.38. The fourth-order valence-corrected chi connectivity index (χ4v) is 1.68. The second kappa shape index (κ2) is 6.40. The Bertz CT molecular complexity index is 468. The number of hydrogen-bond acceptors (Lipinski definition) is 4. The molecule has 1 aromatic rings. The highest BCUT2D eigenvalue weighted by Gasteiger charge is 2.14. The number of benzene rings is 1. The van der Waals surface area contributed by atoms with Crippen LogP contribution in [-0.2, 0) is 9.53 Å². The molecule has 1 rings (SSSR count). The van der Waals surface area contributed by atoms with Gasteiger partial charge in [0, 0.05) is 17.9 Å². The molecule has 0 aromatic heterocycles. The number of aromatic hydroxyl groups is 1. The van der Waals surface area contributed by atoms with E-state index in [0.29, 0.717) is 17.0 Å². The highest BCUT2D eigenvalue weighted by molar-refractivity contribution is 6.31. The maximum absolute atomic E-state index is 11.8. The van der Waals surface area contributed by atoms with Gasteiger partial charge in [0.25, 0.3) is 0 Å². The van der Waals surface area contributed by atoms with Crippen LogP contribution in [0, 0.1) is 6.92 Å². The molecule has 18 heavy (non-hydrogen) atoms. The summed E-state index contributed by atoms with van der Waals surface area (Å²) in [5, 5.41) is 10.1. The highest BCUT2D eigenvalue weighted by Crippen LogP contribution is 2.27. The summed E-state index contributed by atoms with van der Waals surface area (Å²) < 4.78 is 4.48. The molecule has 4 nitrogen and oxygen atoms in total. The van der Waals surface area contributed by atoms with Gasteiger partial charge in [-0.05, 0) is 31.0 Å². The van der Waals surface area contributed by atoms with E-state index in [0.717, 1.165) is 0 Å². The van der Waals surface area contributed by atoms with Gasteiger partial charge < -0.3 is 9.84 Å². The molecule has 0 aliphatic heterocycles. The highest BCUT2D eigenvalue weighted by atomic mass is 35.5. The number of ether oxygens (including phenoxy) is 1. The van der Waals surface area contributed by atoms with Crippen LogP contribution in [0.4, 0.5) is 0 Å². The van der Waals surface area contributed by atoms with E-state index in [2.05, 4.69) is 4.74 Å². The van der Waals surface area contributed by atoms with Crippen molar-refractivity contribution >= 4 is 23.4 Å². The summed E-state index contributed by atoms with van der Waals surface area (Å²) in [6.45, 7) is 1.74. The summed E-state index contributed by atoms with van der Waals surface area (Å²) in [4.78, 5) is 22.7. The lowest BCUT2D eigenvalue weighted by molar-refractivity contribution is -0.140. The zero-order valence-electron chi connectivity index (χ0n) is 10.3. The maximum Gasteiger partial charge on any atom is 0.305 e. The number of phenols is 1. The quantitative estimate of drug-likeness (QED) is 0.660. The standard InChI is InChI=1S/C13H15ClO4/c1-8-6-12(16)9(7-10(8)14)11(15)4-3-5-13(17)18-2/h6-7,16H,3-5H2,1-2H3. The Morgan fingerprint density at radius 2 is 2.00 bits per heavy atom. The Labute approximate surface area is 111 Å². The summed E-state index contributed by atoms with van der Waals surface area (Å²) in [7, 11) is 1.30. The minimum Gasteiger partial charge on any atom is -0.507 e. The van der Waals surface area contributed by atoms with E-state index in [1.54, 1.807) is 6.92 Å². The summed E-state index contributed by atoms with van der Waals surface area (Å²) in [6.07, 6.45) is 0.737. The van der Waals surface area contributed by atoms with Gasteiger partial charge in [-0.3, -0.25) is 9.59 Å². The molecule has 5 heteroatoms. The normalized spacial score (nSPS) is 10.2. The van der Waals surface area contributed by atoms with E-state index in [1.165, 1.54) is 19.2 Å². The lowest BCUT2D eigenvalue weighted by Crippen LogP contribution is -2.04. The van der Waals surface area contributed by atoms with Gasteiger partial charge in [-0.25, -0.2) is 0 Å². The van der Waals surface area contributed by atoms with E-state index >= 15 is 0 Å². The van der Waals surface area contributed by atoms with Crippen LogP contribution in [-0.4, -0.2) is 24.0 Å². The Morgan fingerprint density at radius 3 is 2.61 bits per heavy atom. The molecule has 0 bridgehead atoms. The van der Waals surface area contributed by atoms with E-state index in [9.17, 15) is 14.7 Å². The van der Waals surface area contributed by atoms with Crippen molar-refractivity contribution in [2.75, 3.05) is 7.11 Å². The number of ketones is 1. The molecular formula is C13H15ClO4. The Balaban J connectivity index is 2.67. The molecule has 0 amide bonds. The minimum atomic E-state index is -0.353. The van der Waals surface area contributed by atoms with Crippen LogP contribution in [0.5, 0.6) is 5.75 Å². The summed E-state index contributed by atoms with van der Waals surface area (Å²) in [6, 6.07) is 2.91. The van der Waals surface area contributed by atoms with Gasteiger partial charge in [0.1, 0.15) is 5.75 Å². The summed E-state index contributed by atoms with van der Waals surface area (Å²) in [5.41, 5.74) is 0.899. The van der Waals surface area contributed by atoms with E-state index in [1.807, 2.05) is 0 Å². The zero-order chi connectivity index (χ0) is 13.7. The first-order valence-corrected chi connectivity index (χ1v) is 5.92. The molecule has 0 saturated carbocycles. The molecule has 0 radical (unpaired) electrons. The van der Waals surface area contributed by atoms with Gasteiger partial charge in [-0.15, -0.1) is 0 Å². The number of hydrogen-bond donors (Lipinski definition) is 1. The van der Waals surface area contributed by atoms with Crippen molar-refractivity contribution < 1.29 is 19.4 Å². The Hall–Kier alpha value is -1.55. The molecule has 98 valence electrons. The smallest absolute Gasteiger partial charge is 0.305 e. The first-order valence-electron chi connectivity index (χ1n) is 5.55. The third-order valence-electron chi connectivity index (χ3n) is 2.59. The predicted octanol–water partition coefficient (Wildman–Crippen LogP) is 2.88. The third kappa shape index (κ3) is 3.74. The van der Waals surface area contributed by atoms with Crippen LogP contribution in [0.25, 0.3) is 0 Å². The van der Waals surface area contributed by atoms with Crippen molar-refractivity contribution in [3.8, 4) is 5.75 Å². The van der Waals surface area contributed by atoms with Crippen LogP contribution in [0.2, 0.25) is 5.02 Å². The SMILES string of the molecule is COC(=O)CCCC(=O)c1cc(Cl)c(C)cc1O. The molecule has 0 aliphatic carbocycles. The topological polar surface area (TPSA) is 63.6 Å². The van der Waals surface area contributed by atoms with Gasteiger partial charge in [-0.2, -0.15) is 0 Å². The molecule has 0 spiro atoms. The molecule has 0 saturated heterocycles. The summed E-state index contributed by atoms with van der Waals surface area (Å²) >= 11 is 5.90. The number of carbonyl (C=O) groups excluding carboxylic acids is 2. The first-order chi connectivity index (χ1) is 8.45. The van der Waals surface area contributed by atoms with Gasteiger partial charge in [-0.1, -0.05) is 11.6 Å². The zero-order valence-corrected chi connectivity index (χ0v) is 11.1. The fourth-order valence-electron chi connectivity index (χ4n) is 1.52.